The Morgan fingerprint density at radius 2 is 1.92 bits per heavy atom. The lowest BCUT2D eigenvalue weighted by Gasteiger charge is -2.26. The number of pyridine rings is 1. The van der Waals surface area contributed by atoms with Crippen molar-refractivity contribution in [3.8, 4) is 23.2 Å². The fraction of sp³-hybridized carbons (Fsp3) is 0.333. The van der Waals surface area contributed by atoms with E-state index in [9.17, 15) is 4.79 Å². The molecule has 1 fully saturated rings. The van der Waals surface area contributed by atoms with E-state index in [1.807, 2.05) is 54.1 Å². The van der Waals surface area contributed by atoms with E-state index in [1.54, 1.807) is 18.5 Å². The average Bonchev–Trinajstić information content (AvgIpc) is 3.64. The van der Waals surface area contributed by atoms with Gasteiger partial charge in [-0.25, -0.2) is 4.98 Å². The molecule has 0 spiro atoms. The first-order valence-corrected chi connectivity index (χ1v) is 13.0. The fourth-order valence-electron chi connectivity index (χ4n) is 4.30. The van der Waals surface area contributed by atoms with Crippen LogP contribution in [-0.2, 0) is 32.0 Å². The predicted molar refractivity (Wildman–Crippen MR) is 142 cm³/mol. The standard InChI is InChI=1S/C30H30N4O5/c1-21(38-29-5-3-4-16-37-29)30-31-14-15-34(30)20-26-17-27(39-33-26)24-11-8-22(9-12-24)6-7-23-10-13-25(32-19-23)18-28(35)36-2/h8-15,17,19,21,29H,3-5,16,18,20H2,1-2H3/t21-,29?/m0/s1. The second-order valence-corrected chi connectivity index (χ2v) is 9.29. The van der Waals surface area contributed by atoms with Crippen LogP contribution in [0.3, 0.4) is 0 Å². The van der Waals surface area contributed by atoms with E-state index in [4.69, 9.17) is 14.0 Å². The van der Waals surface area contributed by atoms with Gasteiger partial charge in [0.2, 0.25) is 0 Å². The minimum absolute atomic E-state index is 0.141. The first kappa shape index (κ1) is 26.4. The average molecular weight is 527 g/mol. The van der Waals surface area contributed by atoms with Gasteiger partial charge in [0.25, 0.3) is 0 Å². The molecule has 0 amide bonds. The quantitative estimate of drug-likeness (QED) is 0.241. The summed E-state index contributed by atoms with van der Waals surface area (Å²) in [6.45, 7) is 3.26. The number of hydrogen-bond donors (Lipinski definition) is 0. The second kappa shape index (κ2) is 12.5. The molecule has 4 heterocycles. The van der Waals surface area contributed by atoms with Crippen molar-refractivity contribution in [2.24, 2.45) is 0 Å². The number of methoxy groups -OCH3 is 1. The van der Waals surface area contributed by atoms with E-state index in [0.717, 1.165) is 54.1 Å². The van der Waals surface area contributed by atoms with Crippen molar-refractivity contribution >= 4 is 5.97 Å². The number of aromatic nitrogens is 4. The largest absolute Gasteiger partial charge is 0.469 e. The highest BCUT2D eigenvalue weighted by Gasteiger charge is 2.21. The van der Waals surface area contributed by atoms with E-state index in [2.05, 4.69) is 31.7 Å². The minimum atomic E-state index is -0.323. The third kappa shape index (κ3) is 6.99. The number of ether oxygens (including phenoxy) is 3. The van der Waals surface area contributed by atoms with Gasteiger partial charge in [0, 0.05) is 48.0 Å². The molecule has 9 heteroatoms. The van der Waals surface area contributed by atoms with Gasteiger partial charge in [-0.05, 0) is 62.6 Å². The summed E-state index contributed by atoms with van der Waals surface area (Å²) in [5, 5.41) is 4.26. The highest BCUT2D eigenvalue weighted by molar-refractivity contribution is 5.71. The number of benzene rings is 1. The van der Waals surface area contributed by atoms with E-state index < -0.39 is 0 Å². The highest BCUT2D eigenvalue weighted by Crippen LogP contribution is 2.25. The molecule has 1 aliphatic heterocycles. The molecular weight excluding hydrogens is 496 g/mol. The SMILES string of the molecule is COC(=O)Cc1ccc(C#Cc2ccc(-c3cc(Cn4ccnc4[C@H](C)OC4CCCCO4)no3)cc2)cn1. The summed E-state index contributed by atoms with van der Waals surface area (Å²) in [5.74, 6) is 7.40. The van der Waals surface area contributed by atoms with Crippen molar-refractivity contribution in [2.45, 2.75) is 51.5 Å². The smallest absolute Gasteiger partial charge is 0.311 e. The summed E-state index contributed by atoms with van der Waals surface area (Å²) >= 11 is 0. The third-order valence-corrected chi connectivity index (χ3v) is 6.39. The number of hydrogen-bond acceptors (Lipinski definition) is 8. The van der Waals surface area contributed by atoms with Crippen LogP contribution in [0.4, 0.5) is 0 Å². The zero-order valence-corrected chi connectivity index (χ0v) is 22.0. The lowest BCUT2D eigenvalue weighted by atomic mass is 10.1. The molecule has 1 unspecified atom stereocenters. The monoisotopic (exact) mass is 526 g/mol. The maximum Gasteiger partial charge on any atom is 0.311 e. The minimum Gasteiger partial charge on any atom is -0.469 e. The van der Waals surface area contributed by atoms with Crippen molar-refractivity contribution in [3.05, 3.63) is 89.4 Å². The summed E-state index contributed by atoms with van der Waals surface area (Å²) in [7, 11) is 1.36. The van der Waals surface area contributed by atoms with Gasteiger partial charge in [0.15, 0.2) is 12.1 Å². The van der Waals surface area contributed by atoms with Gasteiger partial charge in [0.05, 0.1) is 25.8 Å². The van der Waals surface area contributed by atoms with Crippen LogP contribution in [0.25, 0.3) is 11.3 Å². The molecule has 5 rings (SSSR count). The van der Waals surface area contributed by atoms with Crippen LogP contribution >= 0.6 is 0 Å². The van der Waals surface area contributed by atoms with E-state index in [0.29, 0.717) is 18.0 Å². The summed E-state index contributed by atoms with van der Waals surface area (Å²) in [6, 6.07) is 13.3. The molecule has 1 saturated heterocycles. The van der Waals surface area contributed by atoms with E-state index in [1.165, 1.54) is 7.11 Å². The number of rotatable bonds is 8. The molecule has 39 heavy (non-hydrogen) atoms. The number of nitrogens with zero attached hydrogens (tertiary/aromatic N) is 4. The molecule has 1 aliphatic rings. The second-order valence-electron chi connectivity index (χ2n) is 9.29. The van der Waals surface area contributed by atoms with E-state index in [-0.39, 0.29) is 24.8 Å². The Bertz CT molecular complexity index is 1440. The predicted octanol–water partition coefficient (Wildman–Crippen LogP) is 4.70. The van der Waals surface area contributed by atoms with Gasteiger partial charge in [0.1, 0.15) is 17.6 Å². The number of imidazole rings is 1. The normalized spacial score (nSPS) is 15.8. The first-order valence-electron chi connectivity index (χ1n) is 13.0. The molecule has 0 radical (unpaired) electrons. The van der Waals surface area contributed by atoms with Crippen LogP contribution in [0, 0.1) is 11.8 Å². The van der Waals surface area contributed by atoms with Gasteiger partial charge in [-0.1, -0.05) is 17.0 Å². The molecule has 200 valence electrons. The maximum atomic E-state index is 11.4. The molecule has 9 nitrogen and oxygen atoms in total. The fourth-order valence-corrected chi connectivity index (χ4v) is 4.30. The molecule has 2 atom stereocenters. The summed E-state index contributed by atoms with van der Waals surface area (Å²) < 4.78 is 24.1. The van der Waals surface area contributed by atoms with Gasteiger partial charge < -0.3 is 23.3 Å². The highest BCUT2D eigenvalue weighted by atomic mass is 16.7. The van der Waals surface area contributed by atoms with Crippen LogP contribution in [-0.4, -0.2) is 45.7 Å². The third-order valence-electron chi connectivity index (χ3n) is 6.39. The number of esters is 1. The first-order chi connectivity index (χ1) is 19.1. The Hall–Kier alpha value is -4.26. The molecule has 3 aromatic heterocycles. The summed E-state index contributed by atoms with van der Waals surface area (Å²) in [5.41, 5.74) is 3.96. The van der Waals surface area contributed by atoms with Crippen molar-refractivity contribution < 1.29 is 23.5 Å². The maximum absolute atomic E-state index is 11.4. The molecular formula is C30H30N4O5. The molecule has 0 aliphatic carbocycles. The van der Waals surface area contributed by atoms with Crippen LogP contribution in [0.5, 0.6) is 0 Å². The van der Waals surface area contributed by atoms with Gasteiger partial charge >= 0.3 is 5.97 Å². The Balaban J connectivity index is 1.19. The van der Waals surface area contributed by atoms with Crippen molar-refractivity contribution in [1.82, 2.24) is 19.7 Å². The Morgan fingerprint density at radius 3 is 2.67 bits per heavy atom. The van der Waals surface area contributed by atoms with Crippen molar-refractivity contribution in [3.63, 3.8) is 0 Å². The molecule has 0 N–H and O–H groups in total. The van der Waals surface area contributed by atoms with Gasteiger partial charge in [-0.2, -0.15) is 0 Å². The van der Waals surface area contributed by atoms with E-state index >= 15 is 0 Å². The number of carbonyl (C=O) groups excluding carboxylic acids is 1. The molecule has 0 saturated carbocycles. The van der Waals surface area contributed by atoms with Crippen molar-refractivity contribution in [1.29, 1.82) is 0 Å². The zero-order valence-electron chi connectivity index (χ0n) is 22.0. The van der Waals surface area contributed by atoms with Crippen molar-refractivity contribution in [2.75, 3.05) is 13.7 Å². The molecule has 1 aromatic carbocycles. The van der Waals surface area contributed by atoms with Crippen LogP contribution in [0.15, 0.2) is 65.6 Å². The van der Waals surface area contributed by atoms with Crippen LogP contribution in [0.1, 0.15) is 60.6 Å². The Kier molecular flexibility index (Phi) is 8.46. The lowest BCUT2D eigenvalue weighted by Crippen LogP contribution is -2.24. The molecule has 0 bridgehead atoms. The van der Waals surface area contributed by atoms with Crippen LogP contribution in [0.2, 0.25) is 0 Å². The Morgan fingerprint density at radius 1 is 1.10 bits per heavy atom. The van der Waals surface area contributed by atoms with Gasteiger partial charge in [-0.15, -0.1) is 0 Å². The van der Waals surface area contributed by atoms with Crippen LogP contribution < -0.4 is 0 Å². The Labute approximate surface area is 227 Å². The summed E-state index contributed by atoms with van der Waals surface area (Å²) in [6.07, 6.45) is 8.21. The van der Waals surface area contributed by atoms with Gasteiger partial charge in [-0.3, -0.25) is 9.78 Å². The summed E-state index contributed by atoms with van der Waals surface area (Å²) in [4.78, 5) is 20.1. The zero-order chi connectivity index (χ0) is 27.0. The molecule has 4 aromatic rings. The lowest BCUT2D eigenvalue weighted by molar-refractivity contribution is -0.188. The topological polar surface area (TPSA) is 102 Å². The number of carbonyl (C=O) groups is 1.